The van der Waals surface area contributed by atoms with Crippen molar-refractivity contribution in [3.8, 4) is 28.5 Å². The Labute approximate surface area is 158 Å². The first-order valence-corrected chi connectivity index (χ1v) is 8.51. The molecule has 3 aromatic rings. The number of nitrogens with two attached hydrogens (primary N) is 1. The summed E-state index contributed by atoms with van der Waals surface area (Å²) in [5, 5.41) is 10.1. The number of anilines is 1. The summed E-state index contributed by atoms with van der Waals surface area (Å²) in [6.07, 6.45) is 0. The van der Waals surface area contributed by atoms with E-state index in [0.717, 1.165) is 5.56 Å². The number of nitrogen functional groups attached to an aromatic ring is 1. The predicted molar refractivity (Wildman–Crippen MR) is 102 cm³/mol. The zero-order valence-corrected chi connectivity index (χ0v) is 15.5. The molecule has 2 N–H and O–H groups in total. The highest BCUT2D eigenvalue weighted by atomic mass is 79.9. The van der Waals surface area contributed by atoms with Gasteiger partial charge in [0, 0.05) is 26.2 Å². The Balaban J connectivity index is 2.36. The molecule has 0 radical (unpaired) electrons. The summed E-state index contributed by atoms with van der Waals surface area (Å²) in [6, 6.07) is 13.9. The van der Waals surface area contributed by atoms with Crippen LogP contribution in [-0.4, -0.2) is 4.98 Å². The van der Waals surface area contributed by atoms with Crippen LogP contribution in [0, 0.1) is 24.1 Å². The smallest absolute Gasteiger partial charge is 0.142 e. The van der Waals surface area contributed by atoms with E-state index in [0.29, 0.717) is 31.9 Å². The third-order valence-electron chi connectivity index (χ3n) is 3.88. The Kier molecular flexibility index (Phi) is 4.76. The molecule has 1 aromatic heterocycles. The summed E-state index contributed by atoms with van der Waals surface area (Å²) in [5.41, 5.74) is 8.87. The molecule has 0 atom stereocenters. The first-order valence-electron chi connectivity index (χ1n) is 7.34. The molecule has 0 fully saturated rings. The van der Waals surface area contributed by atoms with Crippen LogP contribution in [0.1, 0.15) is 11.1 Å². The first kappa shape index (κ1) is 17.4. The number of halogens is 3. The quantitative estimate of drug-likeness (QED) is 0.580. The molecular weight excluding hydrogens is 405 g/mol. The highest BCUT2D eigenvalue weighted by molar-refractivity contribution is 9.10. The van der Waals surface area contributed by atoms with Crippen molar-refractivity contribution in [3.63, 3.8) is 0 Å². The Morgan fingerprint density at radius 2 is 2.00 bits per heavy atom. The van der Waals surface area contributed by atoms with Crippen LogP contribution in [-0.2, 0) is 0 Å². The maximum atomic E-state index is 14.5. The molecule has 0 bridgehead atoms. The van der Waals surface area contributed by atoms with E-state index in [1.165, 1.54) is 6.07 Å². The molecule has 0 aliphatic rings. The van der Waals surface area contributed by atoms with Gasteiger partial charge in [-0.15, -0.1) is 0 Å². The average Bonchev–Trinajstić information content (AvgIpc) is 2.57. The van der Waals surface area contributed by atoms with Crippen molar-refractivity contribution in [2.75, 3.05) is 5.73 Å². The van der Waals surface area contributed by atoms with Gasteiger partial charge in [0.1, 0.15) is 23.3 Å². The average molecular weight is 417 g/mol. The Morgan fingerprint density at radius 3 is 2.64 bits per heavy atom. The van der Waals surface area contributed by atoms with Crippen LogP contribution in [0.5, 0.6) is 0 Å². The van der Waals surface area contributed by atoms with Crippen LogP contribution in [0.4, 0.5) is 10.2 Å². The van der Waals surface area contributed by atoms with E-state index < -0.39 is 5.82 Å². The minimum absolute atomic E-state index is 0.0559. The van der Waals surface area contributed by atoms with Gasteiger partial charge in [0.2, 0.25) is 0 Å². The maximum Gasteiger partial charge on any atom is 0.142 e. The second-order valence-corrected chi connectivity index (χ2v) is 6.82. The van der Waals surface area contributed by atoms with Crippen LogP contribution >= 0.6 is 27.5 Å². The molecule has 25 heavy (non-hydrogen) atoms. The zero-order chi connectivity index (χ0) is 18.1. The number of hydrogen-bond acceptors (Lipinski definition) is 3. The fourth-order valence-corrected chi connectivity index (χ4v) is 3.28. The van der Waals surface area contributed by atoms with Crippen LogP contribution in [0.25, 0.3) is 22.4 Å². The third kappa shape index (κ3) is 3.23. The molecule has 6 heteroatoms. The van der Waals surface area contributed by atoms with Crippen molar-refractivity contribution in [2.45, 2.75) is 6.92 Å². The summed E-state index contributed by atoms with van der Waals surface area (Å²) in [4.78, 5) is 4.35. The summed E-state index contributed by atoms with van der Waals surface area (Å²) in [6.45, 7) is 1.79. The molecule has 1 heterocycles. The normalized spacial score (nSPS) is 10.5. The van der Waals surface area contributed by atoms with Gasteiger partial charge in [0.05, 0.1) is 5.69 Å². The van der Waals surface area contributed by atoms with Crippen molar-refractivity contribution in [2.24, 2.45) is 0 Å². The molecule has 0 spiro atoms. The van der Waals surface area contributed by atoms with Gasteiger partial charge in [-0.3, -0.25) is 0 Å². The van der Waals surface area contributed by atoms with Crippen molar-refractivity contribution in [3.05, 3.63) is 68.9 Å². The SMILES string of the molecule is Cc1c(-c2cccc(Cl)c2)nc(N)c(C#N)c1-c1ccc(Br)cc1F. The van der Waals surface area contributed by atoms with E-state index >= 15 is 0 Å². The van der Waals surface area contributed by atoms with Gasteiger partial charge in [-0.05, 0) is 36.8 Å². The fourth-order valence-electron chi connectivity index (χ4n) is 2.75. The number of nitrogens with zero attached hydrogens (tertiary/aromatic N) is 2. The minimum atomic E-state index is -0.448. The molecule has 3 rings (SSSR count). The van der Waals surface area contributed by atoms with Gasteiger partial charge in [-0.2, -0.15) is 5.26 Å². The van der Waals surface area contributed by atoms with Crippen molar-refractivity contribution < 1.29 is 4.39 Å². The molecule has 0 amide bonds. The van der Waals surface area contributed by atoms with Gasteiger partial charge >= 0.3 is 0 Å². The summed E-state index contributed by atoms with van der Waals surface area (Å²) >= 11 is 9.31. The van der Waals surface area contributed by atoms with E-state index in [1.54, 1.807) is 37.3 Å². The van der Waals surface area contributed by atoms with Crippen LogP contribution in [0.15, 0.2) is 46.9 Å². The molecule has 0 aliphatic heterocycles. The molecular formula is C19H12BrClFN3. The van der Waals surface area contributed by atoms with Gasteiger partial charge in [0.15, 0.2) is 0 Å². The first-order chi connectivity index (χ1) is 11.9. The number of hydrogen-bond donors (Lipinski definition) is 1. The van der Waals surface area contributed by atoms with Gasteiger partial charge in [-0.25, -0.2) is 9.37 Å². The lowest BCUT2D eigenvalue weighted by Gasteiger charge is -2.16. The molecule has 0 aliphatic carbocycles. The standard InChI is InChI=1S/C19H12BrClFN3/c1-10-17(14-6-5-12(20)8-16(14)22)15(9-23)19(24)25-18(10)11-3-2-4-13(21)7-11/h2-8H,1H3,(H2,24,25). The summed E-state index contributed by atoms with van der Waals surface area (Å²) < 4.78 is 15.2. The second kappa shape index (κ2) is 6.83. The van der Waals surface area contributed by atoms with Crippen molar-refractivity contribution >= 4 is 33.3 Å². The zero-order valence-electron chi connectivity index (χ0n) is 13.1. The minimum Gasteiger partial charge on any atom is -0.383 e. The van der Waals surface area contributed by atoms with E-state index in [1.807, 2.05) is 12.1 Å². The number of aromatic nitrogens is 1. The van der Waals surface area contributed by atoms with Crippen LogP contribution < -0.4 is 5.73 Å². The number of benzene rings is 2. The van der Waals surface area contributed by atoms with Crippen molar-refractivity contribution in [1.82, 2.24) is 4.98 Å². The third-order valence-corrected chi connectivity index (χ3v) is 4.61. The lowest BCUT2D eigenvalue weighted by molar-refractivity contribution is 0.630. The topological polar surface area (TPSA) is 62.7 Å². The Hall–Kier alpha value is -2.42. The molecule has 3 nitrogen and oxygen atoms in total. The highest BCUT2D eigenvalue weighted by Gasteiger charge is 2.20. The Bertz CT molecular complexity index is 1030. The van der Waals surface area contributed by atoms with Crippen LogP contribution in [0.3, 0.4) is 0 Å². The lowest BCUT2D eigenvalue weighted by Crippen LogP contribution is -2.04. The lowest BCUT2D eigenvalue weighted by atomic mass is 9.92. The number of pyridine rings is 1. The summed E-state index contributed by atoms with van der Waals surface area (Å²) in [7, 11) is 0. The molecule has 2 aromatic carbocycles. The monoisotopic (exact) mass is 415 g/mol. The number of nitriles is 1. The predicted octanol–water partition coefficient (Wildman–Crippen LogP) is 5.73. The van der Waals surface area contributed by atoms with Gasteiger partial charge < -0.3 is 5.73 Å². The van der Waals surface area contributed by atoms with E-state index in [-0.39, 0.29) is 11.4 Å². The second-order valence-electron chi connectivity index (χ2n) is 5.47. The molecule has 0 saturated heterocycles. The molecule has 0 saturated carbocycles. The van der Waals surface area contributed by atoms with E-state index in [4.69, 9.17) is 17.3 Å². The Morgan fingerprint density at radius 1 is 1.24 bits per heavy atom. The maximum absolute atomic E-state index is 14.5. The van der Waals surface area contributed by atoms with E-state index in [2.05, 4.69) is 20.9 Å². The van der Waals surface area contributed by atoms with E-state index in [9.17, 15) is 9.65 Å². The van der Waals surface area contributed by atoms with Crippen molar-refractivity contribution in [1.29, 1.82) is 5.26 Å². The molecule has 0 unspecified atom stereocenters. The fraction of sp³-hybridized carbons (Fsp3) is 0.0526. The summed E-state index contributed by atoms with van der Waals surface area (Å²) in [5.74, 6) is -0.392. The van der Waals surface area contributed by atoms with Gasteiger partial charge in [-0.1, -0.05) is 45.7 Å². The largest absolute Gasteiger partial charge is 0.383 e. The van der Waals surface area contributed by atoms with Crippen LogP contribution in [0.2, 0.25) is 5.02 Å². The van der Waals surface area contributed by atoms with Gasteiger partial charge in [0.25, 0.3) is 0 Å². The number of rotatable bonds is 2. The molecule has 124 valence electrons. The highest BCUT2D eigenvalue weighted by Crippen LogP contribution is 2.37.